The van der Waals surface area contributed by atoms with Gasteiger partial charge in [0.25, 0.3) is 0 Å². The Labute approximate surface area is 119 Å². The fourth-order valence-electron chi connectivity index (χ4n) is 1.67. The predicted molar refractivity (Wildman–Crippen MR) is 67.5 cm³/mol. The summed E-state index contributed by atoms with van der Waals surface area (Å²) in [6.07, 6.45) is 0. The van der Waals surface area contributed by atoms with Crippen molar-refractivity contribution < 1.29 is 26.8 Å². The molecule has 2 aromatic rings. The summed E-state index contributed by atoms with van der Waals surface area (Å²) in [6, 6.07) is 3.09. The Balaban J connectivity index is 2.27. The van der Waals surface area contributed by atoms with Crippen molar-refractivity contribution in [3.63, 3.8) is 0 Å². The molecule has 2 N–H and O–H groups in total. The third-order valence-electron chi connectivity index (χ3n) is 2.71. The summed E-state index contributed by atoms with van der Waals surface area (Å²) < 4.78 is 58.1. The van der Waals surface area contributed by atoms with Crippen molar-refractivity contribution in [2.24, 2.45) is 0 Å². The number of sulfonamides is 1. The number of aromatic nitrogens is 1. The lowest BCUT2D eigenvalue weighted by atomic mass is 10.2. The largest absolute Gasteiger partial charge is 0.391 e. The lowest BCUT2D eigenvalue weighted by molar-refractivity contribution is 0.267. The molecule has 9 heteroatoms. The summed E-state index contributed by atoms with van der Waals surface area (Å²) in [5.74, 6) is -2.08. The molecule has 21 heavy (non-hydrogen) atoms. The molecule has 0 aliphatic carbocycles. The Morgan fingerprint density at radius 2 is 2.10 bits per heavy atom. The Hall–Kier alpha value is -1.84. The van der Waals surface area contributed by atoms with Crippen molar-refractivity contribution in [2.45, 2.75) is 25.0 Å². The SMILES string of the molecule is Cc1cc(CNS(=O)(=O)c2ccc(F)c(CO)c2F)on1. The van der Waals surface area contributed by atoms with E-state index in [1.807, 2.05) is 0 Å². The number of aryl methyl sites for hydroxylation is 1. The van der Waals surface area contributed by atoms with E-state index in [4.69, 9.17) is 9.63 Å². The molecule has 0 amide bonds. The zero-order chi connectivity index (χ0) is 15.6. The molecular formula is C12H12F2N2O4S. The first-order chi connectivity index (χ1) is 9.85. The lowest BCUT2D eigenvalue weighted by Crippen LogP contribution is -2.24. The van der Waals surface area contributed by atoms with Crippen LogP contribution < -0.4 is 4.72 Å². The molecule has 0 unspecified atom stereocenters. The molecule has 0 aliphatic heterocycles. The van der Waals surface area contributed by atoms with E-state index in [-0.39, 0.29) is 12.3 Å². The summed E-state index contributed by atoms with van der Waals surface area (Å²) >= 11 is 0. The van der Waals surface area contributed by atoms with Crippen LogP contribution in [0.1, 0.15) is 17.0 Å². The van der Waals surface area contributed by atoms with Crippen molar-refractivity contribution in [1.29, 1.82) is 0 Å². The maximum Gasteiger partial charge on any atom is 0.243 e. The first kappa shape index (κ1) is 15.5. The van der Waals surface area contributed by atoms with Crippen molar-refractivity contribution in [2.75, 3.05) is 0 Å². The lowest BCUT2D eigenvalue weighted by Gasteiger charge is -2.09. The van der Waals surface area contributed by atoms with E-state index in [0.29, 0.717) is 5.69 Å². The molecule has 1 aromatic heterocycles. The molecule has 0 aliphatic rings. The molecule has 0 radical (unpaired) electrons. The van der Waals surface area contributed by atoms with Crippen LogP contribution >= 0.6 is 0 Å². The standard InChI is InChI=1S/C12H12F2N2O4S/c1-7-4-8(20-16-7)5-15-21(18,19)11-3-2-10(13)9(6-17)12(11)14/h2-4,15,17H,5-6H2,1H3. The molecule has 0 fully saturated rings. The van der Waals surface area contributed by atoms with Gasteiger partial charge in [0.15, 0.2) is 11.6 Å². The molecular weight excluding hydrogens is 306 g/mol. The van der Waals surface area contributed by atoms with Crippen LogP contribution in [0.25, 0.3) is 0 Å². The number of halogens is 2. The maximum atomic E-state index is 13.9. The summed E-state index contributed by atoms with van der Waals surface area (Å²) in [7, 11) is -4.22. The van der Waals surface area contributed by atoms with Gasteiger partial charge in [-0.1, -0.05) is 5.16 Å². The van der Waals surface area contributed by atoms with E-state index >= 15 is 0 Å². The summed E-state index contributed by atoms with van der Waals surface area (Å²) in [4.78, 5) is -0.746. The minimum absolute atomic E-state index is 0.228. The molecule has 0 atom stereocenters. The highest BCUT2D eigenvalue weighted by molar-refractivity contribution is 7.89. The van der Waals surface area contributed by atoms with Gasteiger partial charge < -0.3 is 9.63 Å². The van der Waals surface area contributed by atoms with Crippen LogP contribution in [0.3, 0.4) is 0 Å². The third-order valence-corrected chi connectivity index (χ3v) is 4.13. The number of hydrogen-bond acceptors (Lipinski definition) is 5. The summed E-state index contributed by atoms with van der Waals surface area (Å²) in [5, 5.41) is 12.5. The second-order valence-corrected chi connectivity index (χ2v) is 5.99. The Bertz CT molecular complexity index is 759. The number of rotatable bonds is 5. The number of aliphatic hydroxyl groups is 1. The monoisotopic (exact) mass is 318 g/mol. The number of aliphatic hydroxyl groups excluding tert-OH is 1. The fourth-order valence-corrected chi connectivity index (χ4v) is 2.77. The van der Waals surface area contributed by atoms with Crippen molar-refractivity contribution in [3.8, 4) is 0 Å². The molecule has 114 valence electrons. The zero-order valence-corrected chi connectivity index (χ0v) is 11.7. The second-order valence-electron chi connectivity index (χ2n) is 4.26. The van der Waals surface area contributed by atoms with Gasteiger partial charge in [-0.3, -0.25) is 0 Å². The van der Waals surface area contributed by atoms with Crippen LogP contribution in [-0.4, -0.2) is 18.7 Å². The predicted octanol–water partition coefficient (Wildman–Crippen LogP) is 1.23. The second kappa shape index (κ2) is 5.88. The molecule has 1 heterocycles. The highest BCUT2D eigenvalue weighted by Gasteiger charge is 2.23. The average molecular weight is 318 g/mol. The van der Waals surface area contributed by atoms with Gasteiger partial charge in [-0.2, -0.15) is 0 Å². The number of nitrogens with zero attached hydrogens (tertiary/aromatic N) is 1. The highest BCUT2D eigenvalue weighted by atomic mass is 32.2. The van der Waals surface area contributed by atoms with Gasteiger partial charge in [-0.25, -0.2) is 21.9 Å². The van der Waals surface area contributed by atoms with E-state index in [0.717, 1.165) is 12.1 Å². The van der Waals surface area contributed by atoms with Crippen LogP contribution in [0.15, 0.2) is 27.6 Å². The minimum Gasteiger partial charge on any atom is -0.391 e. The van der Waals surface area contributed by atoms with Gasteiger partial charge in [0.2, 0.25) is 10.0 Å². The van der Waals surface area contributed by atoms with E-state index in [1.54, 1.807) is 6.92 Å². The number of nitrogens with one attached hydrogen (secondary N) is 1. The first-order valence-electron chi connectivity index (χ1n) is 5.84. The molecule has 0 spiro atoms. The topological polar surface area (TPSA) is 92.4 Å². The molecule has 0 saturated carbocycles. The molecule has 0 saturated heterocycles. The first-order valence-corrected chi connectivity index (χ1v) is 7.33. The van der Waals surface area contributed by atoms with Crippen LogP contribution in [0.2, 0.25) is 0 Å². The van der Waals surface area contributed by atoms with E-state index in [2.05, 4.69) is 9.88 Å². The average Bonchev–Trinajstić information content (AvgIpc) is 2.83. The Morgan fingerprint density at radius 1 is 1.38 bits per heavy atom. The van der Waals surface area contributed by atoms with E-state index < -0.39 is 38.7 Å². The van der Waals surface area contributed by atoms with Gasteiger partial charge in [0.1, 0.15) is 10.7 Å². The van der Waals surface area contributed by atoms with Gasteiger partial charge >= 0.3 is 0 Å². The number of benzene rings is 1. The van der Waals surface area contributed by atoms with Crippen molar-refractivity contribution in [1.82, 2.24) is 9.88 Å². The van der Waals surface area contributed by atoms with Crippen molar-refractivity contribution >= 4 is 10.0 Å². The molecule has 0 bridgehead atoms. The zero-order valence-electron chi connectivity index (χ0n) is 10.9. The van der Waals surface area contributed by atoms with Crippen LogP contribution in [0.5, 0.6) is 0 Å². The van der Waals surface area contributed by atoms with E-state index in [9.17, 15) is 17.2 Å². The van der Waals surface area contributed by atoms with Gasteiger partial charge in [-0.05, 0) is 19.1 Å². The van der Waals surface area contributed by atoms with Gasteiger partial charge in [0, 0.05) is 6.07 Å². The maximum absolute atomic E-state index is 13.9. The molecule has 1 aromatic carbocycles. The van der Waals surface area contributed by atoms with Gasteiger partial charge in [-0.15, -0.1) is 0 Å². The van der Waals surface area contributed by atoms with Crippen LogP contribution in [-0.2, 0) is 23.2 Å². The van der Waals surface area contributed by atoms with Crippen LogP contribution in [0.4, 0.5) is 8.78 Å². The van der Waals surface area contributed by atoms with Crippen LogP contribution in [0, 0.1) is 18.6 Å². The van der Waals surface area contributed by atoms with E-state index in [1.165, 1.54) is 6.07 Å². The quantitative estimate of drug-likeness (QED) is 0.865. The highest BCUT2D eigenvalue weighted by Crippen LogP contribution is 2.21. The Kier molecular flexibility index (Phi) is 4.35. The number of hydrogen-bond donors (Lipinski definition) is 2. The smallest absolute Gasteiger partial charge is 0.243 e. The Morgan fingerprint density at radius 3 is 2.67 bits per heavy atom. The minimum atomic E-state index is -4.22. The van der Waals surface area contributed by atoms with Gasteiger partial charge in [0.05, 0.1) is 24.4 Å². The fraction of sp³-hybridized carbons (Fsp3) is 0.250. The molecule has 2 rings (SSSR count). The normalized spacial score (nSPS) is 11.8. The summed E-state index contributed by atoms with van der Waals surface area (Å²) in [5.41, 5.74) is -0.131. The van der Waals surface area contributed by atoms with Crippen molar-refractivity contribution in [3.05, 3.63) is 46.9 Å². The third kappa shape index (κ3) is 3.26. The summed E-state index contributed by atoms with van der Waals surface area (Å²) in [6.45, 7) is 0.492. The molecule has 6 nitrogen and oxygen atoms in total.